The average Bonchev–Trinajstić information content (AvgIpc) is 3.34. The molecule has 2 bridgehead atoms. The van der Waals surface area contributed by atoms with Gasteiger partial charge in [0.25, 0.3) is 0 Å². The van der Waals surface area contributed by atoms with Crippen molar-refractivity contribution in [1.82, 2.24) is 4.90 Å². The van der Waals surface area contributed by atoms with E-state index in [1.54, 1.807) is 0 Å². The first-order valence-corrected chi connectivity index (χ1v) is 9.80. The number of aromatic hydroxyl groups is 1. The van der Waals surface area contributed by atoms with E-state index in [0.29, 0.717) is 17.7 Å². The minimum atomic E-state index is 0.228. The Labute approximate surface area is 145 Å². The largest absolute Gasteiger partial charge is 0.508 e. The number of phenols is 1. The summed E-state index contributed by atoms with van der Waals surface area (Å²) in [5.74, 6) is 2.83. The lowest BCUT2D eigenvalue weighted by Gasteiger charge is -2.61. The van der Waals surface area contributed by atoms with Gasteiger partial charge in [-0.15, -0.1) is 0 Å². The van der Waals surface area contributed by atoms with E-state index in [1.165, 1.54) is 61.9 Å². The maximum atomic E-state index is 10.2. The molecule has 1 aliphatic heterocycles. The molecule has 128 valence electrons. The lowest BCUT2D eigenvalue weighted by atomic mass is 9.49. The third-order valence-electron chi connectivity index (χ3n) is 7.40. The number of piperidine rings is 1. The minimum absolute atomic E-state index is 0.228. The van der Waals surface area contributed by atoms with Gasteiger partial charge in [0.2, 0.25) is 0 Å². The third-order valence-corrected chi connectivity index (χ3v) is 7.40. The van der Waals surface area contributed by atoms with E-state index in [0.717, 1.165) is 18.3 Å². The van der Waals surface area contributed by atoms with Crippen molar-refractivity contribution >= 4 is 0 Å². The lowest BCUT2D eigenvalue weighted by molar-refractivity contribution is -0.0283. The zero-order chi connectivity index (χ0) is 16.5. The summed E-state index contributed by atoms with van der Waals surface area (Å²) >= 11 is 0. The second-order valence-corrected chi connectivity index (χ2v) is 9.09. The summed E-state index contributed by atoms with van der Waals surface area (Å²) in [5, 5.41) is 10.2. The Morgan fingerprint density at radius 1 is 1.29 bits per heavy atom. The van der Waals surface area contributed by atoms with Gasteiger partial charge in [-0.2, -0.15) is 0 Å². The van der Waals surface area contributed by atoms with Gasteiger partial charge >= 0.3 is 0 Å². The third kappa shape index (κ3) is 2.12. The van der Waals surface area contributed by atoms with Gasteiger partial charge < -0.3 is 5.11 Å². The Morgan fingerprint density at radius 2 is 2.12 bits per heavy atom. The van der Waals surface area contributed by atoms with Crippen LogP contribution >= 0.6 is 0 Å². The Hall–Kier alpha value is -1.28. The normalized spacial score (nSPS) is 38.5. The van der Waals surface area contributed by atoms with Crippen molar-refractivity contribution in [3.05, 3.63) is 41.5 Å². The molecule has 1 aromatic carbocycles. The van der Waals surface area contributed by atoms with Gasteiger partial charge in [0.05, 0.1) is 0 Å². The zero-order valence-corrected chi connectivity index (χ0v) is 14.8. The molecule has 0 aromatic heterocycles. The van der Waals surface area contributed by atoms with Crippen LogP contribution in [0.25, 0.3) is 0 Å². The van der Waals surface area contributed by atoms with E-state index in [4.69, 9.17) is 0 Å². The topological polar surface area (TPSA) is 23.5 Å². The Balaban J connectivity index is 1.63. The number of likely N-dealkylation sites (tertiary alicyclic amines) is 1. The number of benzene rings is 1. The highest BCUT2D eigenvalue weighted by atomic mass is 16.3. The number of rotatable bonds is 2. The molecular formula is C22H29NO. The number of nitrogens with zero attached hydrogens (tertiary/aromatic N) is 1. The van der Waals surface area contributed by atoms with Gasteiger partial charge in [0, 0.05) is 18.0 Å². The van der Waals surface area contributed by atoms with Gasteiger partial charge in [-0.3, -0.25) is 4.90 Å². The van der Waals surface area contributed by atoms with Gasteiger partial charge in [0.1, 0.15) is 5.75 Å². The quantitative estimate of drug-likeness (QED) is 0.822. The predicted molar refractivity (Wildman–Crippen MR) is 97.2 cm³/mol. The fraction of sp³-hybridized carbons (Fsp3) is 0.636. The smallest absolute Gasteiger partial charge is 0.115 e. The van der Waals surface area contributed by atoms with E-state index in [-0.39, 0.29) is 5.41 Å². The van der Waals surface area contributed by atoms with Crippen LogP contribution in [-0.2, 0) is 11.8 Å². The molecule has 4 aliphatic rings. The summed E-state index contributed by atoms with van der Waals surface area (Å²) in [4.78, 5) is 2.83. The highest BCUT2D eigenvalue weighted by Gasteiger charge is 2.57. The second-order valence-electron chi connectivity index (χ2n) is 9.09. The summed E-state index contributed by atoms with van der Waals surface area (Å²) in [7, 11) is 0. The fourth-order valence-electron chi connectivity index (χ4n) is 6.46. The zero-order valence-electron chi connectivity index (χ0n) is 14.8. The fourth-order valence-corrected chi connectivity index (χ4v) is 6.46. The van der Waals surface area contributed by atoms with Crippen LogP contribution in [0.5, 0.6) is 5.75 Å². The molecule has 3 fully saturated rings. The Bertz CT molecular complexity index is 691. The summed E-state index contributed by atoms with van der Waals surface area (Å²) in [6.07, 6.45) is 7.61. The molecule has 2 nitrogen and oxygen atoms in total. The molecule has 4 atom stereocenters. The van der Waals surface area contributed by atoms with E-state index in [2.05, 4.69) is 30.5 Å². The first-order valence-electron chi connectivity index (χ1n) is 9.80. The van der Waals surface area contributed by atoms with Crippen molar-refractivity contribution in [3.63, 3.8) is 0 Å². The maximum Gasteiger partial charge on any atom is 0.115 e. The van der Waals surface area contributed by atoms with Gasteiger partial charge in [-0.25, -0.2) is 0 Å². The van der Waals surface area contributed by atoms with Crippen molar-refractivity contribution in [2.75, 3.05) is 13.1 Å². The highest BCUT2D eigenvalue weighted by Crippen LogP contribution is 2.59. The molecular weight excluding hydrogens is 294 g/mol. The number of allylic oxidation sites excluding steroid dienone is 1. The molecule has 1 unspecified atom stereocenters. The molecule has 24 heavy (non-hydrogen) atoms. The maximum absolute atomic E-state index is 10.2. The first-order chi connectivity index (χ1) is 11.6. The predicted octanol–water partition coefficient (Wildman–Crippen LogP) is 4.27. The molecule has 2 heteroatoms. The molecule has 0 spiro atoms. The Kier molecular flexibility index (Phi) is 3.20. The number of hydrogen-bond acceptors (Lipinski definition) is 2. The van der Waals surface area contributed by atoms with Crippen LogP contribution in [0.3, 0.4) is 0 Å². The van der Waals surface area contributed by atoms with E-state index >= 15 is 0 Å². The molecule has 2 saturated carbocycles. The van der Waals surface area contributed by atoms with Gasteiger partial charge in [0.15, 0.2) is 0 Å². The van der Waals surface area contributed by atoms with Crippen LogP contribution in [0.1, 0.15) is 50.2 Å². The van der Waals surface area contributed by atoms with Gasteiger partial charge in [-0.1, -0.05) is 25.1 Å². The monoisotopic (exact) mass is 323 g/mol. The summed E-state index contributed by atoms with van der Waals surface area (Å²) < 4.78 is 0. The van der Waals surface area contributed by atoms with E-state index < -0.39 is 0 Å². The van der Waals surface area contributed by atoms with Crippen molar-refractivity contribution in [2.45, 2.75) is 56.9 Å². The van der Waals surface area contributed by atoms with Crippen molar-refractivity contribution in [1.29, 1.82) is 0 Å². The van der Waals surface area contributed by atoms with Crippen LogP contribution in [0.15, 0.2) is 30.4 Å². The number of fused-ring (bicyclic) bond motifs is 1. The molecule has 3 aliphatic carbocycles. The SMILES string of the molecule is C=C1CC(C)[C@H]2[C@H]3Cc4ccc(O)cc4[C@@]2(CCN3CC2CC2)C1. The van der Waals surface area contributed by atoms with E-state index in [1.807, 2.05) is 6.07 Å². The van der Waals surface area contributed by atoms with Crippen molar-refractivity contribution in [3.8, 4) is 5.75 Å². The van der Waals surface area contributed by atoms with Crippen molar-refractivity contribution in [2.24, 2.45) is 17.8 Å². The average molecular weight is 323 g/mol. The van der Waals surface area contributed by atoms with Crippen LogP contribution < -0.4 is 0 Å². The van der Waals surface area contributed by atoms with Crippen LogP contribution in [0.4, 0.5) is 0 Å². The molecule has 0 radical (unpaired) electrons. The molecule has 0 amide bonds. The molecule has 1 saturated heterocycles. The second kappa shape index (κ2) is 5.11. The molecule has 1 heterocycles. The summed E-state index contributed by atoms with van der Waals surface area (Å²) in [6, 6.07) is 6.86. The lowest BCUT2D eigenvalue weighted by Crippen LogP contribution is -2.63. The van der Waals surface area contributed by atoms with Crippen LogP contribution in [0, 0.1) is 17.8 Å². The van der Waals surface area contributed by atoms with E-state index in [9.17, 15) is 5.11 Å². The number of hydrogen-bond donors (Lipinski definition) is 1. The molecule has 1 N–H and O–H groups in total. The van der Waals surface area contributed by atoms with Gasteiger partial charge in [-0.05, 0) is 86.1 Å². The van der Waals surface area contributed by atoms with Crippen LogP contribution in [-0.4, -0.2) is 29.1 Å². The van der Waals surface area contributed by atoms with Crippen molar-refractivity contribution < 1.29 is 5.11 Å². The summed E-state index contributed by atoms with van der Waals surface area (Å²) in [6.45, 7) is 9.39. The Morgan fingerprint density at radius 3 is 2.92 bits per heavy atom. The molecule has 5 rings (SSSR count). The minimum Gasteiger partial charge on any atom is -0.508 e. The molecule has 1 aromatic rings. The standard InChI is InChI=1S/C22H29NO/c1-14-9-15(2)21-20-10-17-5-6-18(24)11-19(17)22(21,12-14)7-8-23(20)13-16-3-4-16/h5-6,11,15-16,20-21,24H,1,3-4,7-10,12-13H2,2H3/t15?,20-,21+,22-/m1/s1. The van der Waals surface area contributed by atoms with Crippen LogP contribution in [0.2, 0.25) is 0 Å². The summed E-state index contributed by atoms with van der Waals surface area (Å²) in [5.41, 5.74) is 4.58. The highest BCUT2D eigenvalue weighted by molar-refractivity contribution is 5.46. The number of phenolic OH excluding ortho intramolecular Hbond substituents is 1. The first kappa shape index (κ1) is 15.0.